The Labute approximate surface area is 147 Å². The minimum Gasteiger partial charge on any atom is -0.493 e. The molecule has 0 aliphatic rings. The largest absolute Gasteiger partial charge is 0.493 e. The van der Waals surface area contributed by atoms with E-state index in [9.17, 15) is 0 Å². The van der Waals surface area contributed by atoms with Crippen LogP contribution in [0.1, 0.15) is 37.4 Å². The molecule has 4 heteroatoms. The SMILES string of the molecule is CCCOc1c(CN[C@@H](C)c2ccccc2)cc(Br)cc1OC. The van der Waals surface area contributed by atoms with Gasteiger partial charge in [-0.25, -0.2) is 0 Å². The second kappa shape index (κ2) is 8.94. The Bertz CT molecular complexity index is 616. The van der Waals surface area contributed by atoms with E-state index in [-0.39, 0.29) is 6.04 Å². The lowest BCUT2D eigenvalue weighted by molar-refractivity contribution is 0.290. The Morgan fingerprint density at radius 2 is 1.91 bits per heavy atom. The molecule has 124 valence electrons. The number of hydrogen-bond acceptors (Lipinski definition) is 3. The molecule has 0 saturated carbocycles. The fourth-order valence-electron chi connectivity index (χ4n) is 2.40. The van der Waals surface area contributed by atoms with E-state index in [1.165, 1.54) is 5.56 Å². The van der Waals surface area contributed by atoms with Crippen LogP contribution in [-0.4, -0.2) is 13.7 Å². The van der Waals surface area contributed by atoms with Crippen molar-refractivity contribution < 1.29 is 9.47 Å². The van der Waals surface area contributed by atoms with Crippen molar-refractivity contribution in [1.29, 1.82) is 0 Å². The number of hydrogen-bond donors (Lipinski definition) is 1. The molecule has 0 saturated heterocycles. The molecule has 0 bridgehead atoms. The molecule has 0 unspecified atom stereocenters. The van der Waals surface area contributed by atoms with Gasteiger partial charge in [0, 0.05) is 22.6 Å². The van der Waals surface area contributed by atoms with Crippen molar-refractivity contribution in [3.63, 3.8) is 0 Å². The average Bonchev–Trinajstić information content (AvgIpc) is 2.58. The van der Waals surface area contributed by atoms with E-state index in [0.717, 1.165) is 28.0 Å². The van der Waals surface area contributed by atoms with Gasteiger partial charge in [0.25, 0.3) is 0 Å². The van der Waals surface area contributed by atoms with Crippen LogP contribution in [0, 0.1) is 0 Å². The monoisotopic (exact) mass is 377 g/mol. The van der Waals surface area contributed by atoms with Crippen molar-refractivity contribution >= 4 is 15.9 Å². The molecule has 0 radical (unpaired) electrons. The average molecular weight is 378 g/mol. The first-order valence-corrected chi connectivity index (χ1v) is 8.72. The molecular formula is C19H24BrNO2. The normalized spacial score (nSPS) is 12.0. The maximum absolute atomic E-state index is 5.92. The molecule has 0 aliphatic heterocycles. The number of nitrogens with one attached hydrogen (secondary N) is 1. The van der Waals surface area contributed by atoms with Crippen molar-refractivity contribution in [3.8, 4) is 11.5 Å². The van der Waals surface area contributed by atoms with Gasteiger partial charge in [0.2, 0.25) is 0 Å². The number of rotatable bonds is 8. The summed E-state index contributed by atoms with van der Waals surface area (Å²) >= 11 is 3.54. The highest BCUT2D eigenvalue weighted by atomic mass is 79.9. The number of benzene rings is 2. The molecule has 0 aromatic heterocycles. The van der Waals surface area contributed by atoms with E-state index in [0.29, 0.717) is 13.2 Å². The number of ether oxygens (including phenoxy) is 2. The summed E-state index contributed by atoms with van der Waals surface area (Å²) in [4.78, 5) is 0. The predicted molar refractivity (Wildman–Crippen MR) is 98.2 cm³/mol. The highest BCUT2D eigenvalue weighted by molar-refractivity contribution is 9.10. The summed E-state index contributed by atoms with van der Waals surface area (Å²) in [7, 11) is 1.67. The second-order valence-electron chi connectivity index (χ2n) is 5.46. The zero-order chi connectivity index (χ0) is 16.7. The van der Waals surface area contributed by atoms with Crippen LogP contribution in [0.3, 0.4) is 0 Å². The van der Waals surface area contributed by atoms with E-state index >= 15 is 0 Å². The molecule has 2 aromatic carbocycles. The van der Waals surface area contributed by atoms with Crippen molar-refractivity contribution in [2.75, 3.05) is 13.7 Å². The Morgan fingerprint density at radius 1 is 1.17 bits per heavy atom. The lowest BCUT2D eigenvalue weighted by atomic mass is 10.1. The van der Waals surface area contributed by atoms with Gasteiger partial charge in [-0.3, -0.25) is 0 Å². The molecule has 2 aromatic rings. The van der Waals surface area contributed by atoms with Crippen molar-refractivity contribution in [2.24, 2.45) is 0 Å². The van der Waals surface area contributed by atoms with Crippen LogP contribution in [0.15, 0.2) is 46.9 Å². The Morgan fingerprint density at radius 3 is 2.57 bits per heavy atom. The highest BCUT2D eigenvalue weighted by Crippen LogP contribution is 2.35. The van der Waals surface area contributed by atoms with Crippen molar-refractivity contribution in [1.82, 2.24) is 5.32 Å². The third-order valence-corrected chi connectivity index (χ3v) is 4.12. The van der Waals surface area contributed by atoms with Gasteiger partial charge < -0.3 is 14.8 Å². The summed E-state index contributed by atoms with van der Waals surface area (Å²) in [5, 5.41) is 3.55. The van der Waals surface area contributed by atoms with Crippen molar-refractivity contribution in [3.05, 3.63) is 58.1 Å². The Balaban J connectivity index is 2.16. The van der Waals surface area contributed by atoms with Gasteiger partial charge in [0.1, 0.15) is 0 Å². The number of halogens is 1. The summed E-state index contributed by atoms with van der Waals surface area (Å²) in [6.07, 6.45) is 0.965. The van der Waals surface area contributed by atoms with E-state index in [4.69, 9.17) is 9.47 Å². The molecular weight excluding hydrogens is 354 g/mol. The summed E-state index contributed by atoms with van der Waals surface area (Å²) in [5.41, 5.74) is 2.36. The van der Waals surface area contributed by atoms with E-state index < -0.39 is 0 Å². The predicted octanol–water partition coefficient (Wildman–Crippen LogP) is 5.10. The molecule has 23 heavy (non-hydrogen) atoms. The first kappa shape index (κ1) is 17.8. The lowest BCUT2D eigenvalue weighted by Gasteiger charge is -2.18. The van der Waals surface area contributed by atoms with Crippen LogP contribution in [0.4, 0.5) is 0 Å². The summed E-state index contributed by atoms with van der Waals surface area (Å²) in [6, 6.07) is 14.7. The van der Waals surface area contributed by atoms with E-state index in [1.54, 1.807) is 7.11 Å². The van der Waals surface area contributed by atoms with Gasteiger partial charge in [-0.2, -0.15) is 0 Å². The Kier molecular flexibility index (Phi) is 6.93. The van der Waals surface area contributed by atoms with Crippen LogP contribution in [0.5, 0.6) is 11.5 Å². The maximum atomic E-state index is 5.92. The zero-order valence-corrected chi connectivity index (χ0v) is 15.5. The fraction of sp³-hybridized carbons (Fsp3) is 0.368. The van der Waals surface area contributed by atoms with Gasteiger partial charge in [-0.05, 0) is 31.0 Å². The van der Waals surface area contributed by atoms with Crippen LogP contribution in [-0.2, 0) is 6.54 Å². The van der Waals surface area contributed by atoms with E-state index in [2.05, 4.69) is 65.4 Å². The molecule has 1 atom stereocenters. The summed E-state index contributed by atoms with van der Waals surface area (Å²) in [5.74, 6) is 1.59. The van der Waals surface area contributed by atoms with Gasteiger partial charge in [-0.1, -0.05) is 53.2 Å². The van der Waals surface area contributed by atoms with Gasteiger partial charge in [-0.15, -0.1) is 0 Å². The summed E-state index contributed by atoms with van der Waals surface area (Å²) in [6.45, 7) is 5.65. The molecule has 0 heterocycles. The second-order valence-corrected chi connectivity index (χ2v) is 6.37. The van der Waals surface area contributed by atoms with Crippen LogP contribution in [0.25, 0.3) is 0 Å². The molecule has 0 fully saturated rings. The smallest absolute Gasteiger partial charge is 0.165 e. The third kappa shape index (κ3) is 4.98. The maximum Gasteiger partial charge on any atom is 0.165 e. The Hall–Kier alpha value is -1.52. The van der Waals surface area contributed by atoms with Gasteiger partial charge in [0.15, 0.2) is 11.5 Å². The first-order chi connectivity index (χ1) is 11.2. The minimum atomic E-state index is 0.264. The van der Waals surface area contributed by atoms with E-state index in [1.807, 2.05) is 12.1 Å². The molecule has 2 rings (SSSR count). The number of methoxy groups -OCH3 is 1. The zero-order valence-electron chi connectivity index (χ0n) is 13.9. The van der Waals surface area contributed by atoms with Crippen LogP contribution in [0.2, 0.25) is 0 Å². The molecule has 0 spiro atoms. The standard InChI is InChI=1S/C19H24BrNO2/c1-4-10-23-19-16(11-17(20)12-18(19)22-3)13-21-14(2)15-8-6-5-7-9-15/h5-9,11-12,14,21H,4,10,13H2,1-3H3/t14-/m0/s1. The van der Waals surface area contributed by atoms with Crippen LogP contribution < -0.4 is 14.8 Å². The molecule has 0 amide bonds. The molecule has 1 N–H and O–H groups in total. The van der Waals surface area contributed by atoms with Gasteiger partial charge in [0.05, 0.1) is 13.7 Å². The van der Waals surface area contributed by atoms with Crippen LogP contribution >= 0.6 is 15.9 Å². The summed E-state index contributed by atoms with van der Waals surface area (Å²) < 4.78 is 12.4. The highest BCUT2D eigenvalue weighted by Gasteiger charge is 2.14. The third-order valence-electron chi connectivity index (χ3n) is 3.67. The topological polar surface area (TPSA) is 30.5 Å². The molecule has 0 aliphatic carbocycles. The quantitative estimate of drug-likeness (QED) is 0.694. The fourth-order valence-corrected chi connectivity index (χ4v) is 2.88. The van der Waals surface area contributed by atoms with Gasteiger partial charge >= 0.3 is 0 Å². The first-order valence-electron chi connectivity index (χ1n) is 7.93. The molecule has 3 nitrogen and oxygen atoms in total. The van der Waals surface area contributed by atoms with Crippen molar-refractivity contribution in [2.45, 2.75) is 32.9 Å². The minimum absolute atomic E-state index is 0.264. The lowest BCUT2D eigenvalue weighted by Crippen LogP contribution is -2.19.